The summed E-state index contributed by atoms with van der Waals surface area (Å²) in [6.45, 7) is 12.6. The minimum absolute atomic E-state index is 0.0304. The molecule has 248 valence electrons. The number of allylic oxidation sites excluding steroid dienone is 4. The van der Waals surface area contributed by atoms with Crippen molar-refractivity contribution in [2.75, 3.05) is 20.6 Å². The Hall–Kier alpha value is -1.09. The van der Waals surface area contributed by atoms with E-state index in [1.54, 1.807) is 0 Å². The number of ether oxygens (including phenoxy) is 1. The van der Waals surface area contributed by atoms with Gasteiger partial charge in [0.2, 0.25) is 0 Å². The molecule has 0 aliphatic carbocycles. The van der Waals surface area contributed by atoms with Crippen molar-refractivity contribution in [1.29, 1.82) is 0 Å². The average Bonchev–Trinajstić information content (AvgIpc) is 2.94. The maximum Gasteiger partial charge on any atom is 0.306 e. The number of carbonyl (C=O) groups is 1. The Labute approximate surface area is 264 Å². The largest absolute Gasteiger partial charge is 0.462 e. The highest BCUT2D eigenvalue weighted by molar-refractivity contribution is 5.69. The fraction of sp³-hybridized carbons (Fsp3) is 0.872. The average molecular weight is 590 g/mol. The first-order valence-electron chi connectivity index (χ1n) is 18.4. The van der Waals surface area contributed by atoms with Crippen LogP contribution in [-0.4, -0.2) is 37.6 Å². The number of hydrogen-bond acceptors (Lipinski definition) is 3. The summed E-state index contributed by atoms with van der Waals surface area (Å²) in [5.74, 6) is 1.98. The van der Waals surface area contributed by atoms with Crippen molar-refractivity contribution >= 4 is 5.97 Å². The van der Waals surface area contributed by atoms with E-state index in [0.717, 1.165) is 44.6 Å². The van der Waals surface area contributed by atoms with Crippen LogP contribution in [0.15, 0.2) is 24.3 Å². The molecule has 0 bridgehead atoms. The van der Waals surface area contributed by atoms with Crippen molar-refractivity contribution in [3.63, 3.8) is 0 Å². The Balaban J connectivity index is 5.23. The van der Waals surface area contributed by atoms with Crippen molar-refractivity contribution in [2.24, 2.45) is 17.8 Å². The van der Waals surface area contributed by atoms with Crippen LogP contribution in [-0.2, 0) is 9.53 Å². The predicted molar refractivity (Wildman–Crippen MR) is 187 cm³/mol. The van der Waals surface area contributed by atoms with E-state index in [2.05, 4.69) is 77.9 Å². The van der Waals surface area contributed by atoms with E-state index in [1.165, 1.54) is 103 Å². The number of hydrogen-bond donors (Lipinski definition) is 0. The quantitative estimate of drug-likeness (QED) is 0.0474. The van der Waals surface area contributed by atoms with Crippen LogP contribution in [0.3, 0.4) is 0 Å². The molecular formula is C39H75NO2. The Bertz CT molecular complexity index is 612. The van der Waals surface area contributed by atoms with Gasteiger partial charge >= 0.3 is 5.97 Å². The van der Waals surface area contributed by atoms with E-state index in [4.69, 9.17) is 4.74 Å². The number of esters is 1. The van der Waals surface area contributed by atoms with Crippen LogP contribution in [0, 0.1) is 17.8 Å². The third-order valence-electron chi connectivity index (χ3n) is 8.64. The van der Waals surface area contributed by atoms with Crippen LogP contribution in [0.5, 0.6) is 0 Å². The van der Waals surface area contributed by atoms with Crippen LogP contribution < -0.4 is 0 Å². The lowest BCUT2D eigenvalue weighted by atomic mass is 9.85. The van der Waals surface area contributed by atoms with Crippen molar-refractivity contribution < 1.29 is 9.53 Å². The van der Waals surface area contributed by atoms with Gasteiger partial charge in [-0.3, -0.25) is 4.79 Å². The molecule has 3 nitrogen and oxygen atoms in total. The molecule has 0 amide bonds. The van der Waals surface area contributed by atoms with Gasteiger partial charge in [0.05, 0.1) is 0 Å². The molecule has 0 rings (SSSR count). The first-order chi connectivity index (χ1) is 20.3. The van der Waals surface area contributed by atoms with Crippen LogP contribution in [0.25, 0.3) is 0 Å². The lowest BCUT2D eigenvalue weighted by Crippen LogP contribution is -2.28. The maximum absolute atomic E-state index is 13.0. The molecule has 0 saturated heterocycles. The minimum Gasteiger partial charge on any atom is -0.462 e. The van der Waals surface area contributed by atoms with Crippen molar-refractivity contribution in [2.45, 2.75) is 182 Å². The molecule has 0 saturated carbocycles. The molecule has 0 aromatic heterocycles. The molecular weight excluding hydrogens is 514 g/mol. The van der Waals surface area contributed by atoms with Gasteiger partial charge in [-0.2, -0.15) is 0 Å². The first-order valence-corrected chi connectivity index (χ1v) is 18.4. The molecule has 3 heteroatoms. The monoisotopic (exact) mass is 590 g/mol. The number of nitrogens with zero attached hydrogens (tertiary/aromatic N) is 1. The predicted octanol–water partition coefficient (Wildman–Crippen LogP) is 12.1. The third kappa shape index (κ3) is 27.7. The number of rotatable bonds is 30. The van der Waals surface area contributed by atoms with Crippen LogP contribution >= 0.6 is 0 Å². The molecule has 0 heterocycles. The summed E-state index contributed by atoms with van der Waals surface area (Å²) < 4.78 is 6.37. The molecule has 0 aromatic carbocycles. The summed E-state index contributed by atoms with van der Waals surface area (Å²) in [6.07, 6.45) is 35.6. The lowest BCUT2D eigenvalue weighted by molar-refractivity contribution is -0.153. The summed E-state index contributed by atoms with van der Waals surface area (Å²) in [5, 5.41) is 0. The second kappa shape index (κ2) is 30.0. The zero-order valence-electron chi connectivity index (χ0n) is 29.6. The zero-order valence-corrected chi connectivity index (χ0v) is 29.6. The highest BCUT2D eigenvalue weighted by Gasteiger charge is 2.25. The normalized spacial score (nSPS) is 13.8. The topological polar surface area (TPSA) is 29.5 Å². The van der Waals surface area contributed by atoms with Crippen molar-refractivity contribution in [3.8, 4) is 0 Å². The van der Waals surface area contributed by atoms with Gasteiger partial charge in [0.15, 0.2) is 0 Å². The van der Waals surface area contributed by atoms with Crippen molar-refractivity contribution in [1.82, 2.24) is 4.90 Å². The lowest BCUT2D eigenvalue weighted by Gasteiger charge is -2.28. The molecule has 0 aliphatic heterocycles. The van der Waals surface area contributed by atoms with Crippen LogP contribution in [0.2, 0.25) is 0 Å². The SMILES string of the molecule is CCCCC/C=C\CCCC(CCC/C=C\CCCCC)C(CCC(C)CCCC(C)C)OC(=O)CCCCN(C)C. The Kier molecular flexibility index (Phi) is 29.2. The van der Waals surface area contributed by atoms with Gasteiger partial charge in [0.25, 0.3) is 0 Å². The standard InChI is InChI=1S/C39H75NO2/c1-8-10-12-14-16-18-20-22-29-37(30-23-21-19-17-15-13-11-9-2)38(33-32-36(5)28-26-27-35(3)4)42-39(41)31-24-25-34-40(6)7/h16-19,35-38H,8-15,20-34H2,1-7H3/b18-16-,19-17-. The van der Waals surface area contributed by atoms with E-state index in [0.29, 0.717) is 18.3 Å². The zero-order chi connectivity index (χ0) is 31.3. The molecule has 0 aromatic rings. The molecule has 0 N–H and O–H groups in total. The summed E-state index contributed by atoms with van der Waals surface area (Å²) in [5.41, 5.74) is 0. The smallest absolute Gasteiger partial charge is 0.306 e. The molecule has 0 aliphatic rings. The summed E-state index contributed by atoms with van der Waals surface area (Å²) in [7, 11) is 4.20. The molecule has 0 spiro atoms. The van der Waals surface area contributed by atoms with Gasteiger partial charge < -0.3 is 9.64 Å². The Morgan fingerprint density at radius 1 is 0.619 bits per heavy atom. The molecule has 0 radical (unpaired) electrons. The van der Waals surface area contributed by atoms with Gasteiger partial charge in [-0.15, -0.1) is 0 Å². The molecule has 42 heavy (non-hydrogen) atoms. The molecule has 0 fully saturated rings. The minimum atomic E-state index is 0.0304. The van der Waals surface area contributed by atoms with E-state index < -0.39 is 0 Å². The summed E-state index contributed by atoms with van der Waals surface area (Å²) in [6, 6.07) is 0. The molecule has 2 atom stereocenters. The van der Waals surface area contributed by atoms with E-state index >= 15 is 0 Å². The highest BCUT2D eigenvalue weighted by atomic mass is 16.5. The Morgan fingerprint density at radius 3 is 1.67 bits per heavy atom. The van der Waals surface area contributed by atoms with Crippen LogP contribution in [0.1, 0.15) is 176 Å². The van der Waals surface area contributed by atoms with E-state index in [9.17, 15) is 4.79 Å². The van der Waals surface area contributed by atoms with Crippen LogP contribution in [0.4, 0.5) is 0 Å². The second-order valence-corrected chi connectivity index (χ2v) is 13.9. The molecule has 2 unspecified atom stereocenters. The van der Waals surface area contributed by atoms with E-state index in [1.807, 2.05) is 0 Å². The van der Waals surface area contributed by atoms with Gasteiger partial charge in [-0.25, -0.2) is 0 Å². The van der Waals surface area contributed by atoms with Gasteiger partial charge in [-0.05, 0) is 128 Å². The van der Waals surface area contributed by atoms with Gasteiger partial charge in [0.1, 0.15) is 6.10 Å². The van der Waals surface area contributed by atoms with Gasteiger partial charge in [0, 0.05) is 6.42 Å². The van der Waals surface area contributed by atoms with Crippen molar-refractivity contribution in [3.05, 3.63) is 24.3 Å². The second-order valence-electron chi connectivity index (χ2n) is 13.9. The summed E-state index contributed by atoms with van der Waals surface area (Å²) >= 11 is 0. The fourth-order valence-electron chi connectivity index (χ4n) is 5.79. The number of unbranched alkanes of at least 4 members (excludes halogenated alkanes) is 9. The van der Waals surface area contributed by atoms with E-state index in [-0.39, 0.29) is 12.1 Å². The van der Waals surface area contributed by atoms with Gasteiger partial charge in [-0.1, -0.05) is 104 Å². The third-order valence-corrected chi connectivity index (χ3v) is 8.64. The Morgan fingerprint density at radius 2 is 1.17 bits per heavy atom. The maximum atomic E-state index is 13.0. The fourth-order valence-corrected chi connectivity index (χ4v) is 5.79. The highest BCUT2D eigenvalue weighted by Crippen LogP contribution is 2.29. The summed E-state index contributed by atoms with van der Waals surface area (Å²) in [4.78, 5) is 15.2. The first kappa shape index (κ1) is 40.9. The number of carbonyl (C=O) groups excluding carboxylic acids is 1.